The van der Waals surface area contributed by atoms with Crippen molar-refractivity contribution in [3.63, 3.8) is 0 Å². The van der Waals surface area contributed by atoms with Crippen molar-refractivity contribution in [2.24, 2.45) is 34.3 Å². The molecule has 2 aliphatic carbocycles. The largest absolute Gasteiger partial charge is 0.445 e. The third-order valence-electron chi connectivity index (χ3n) is 9.78. The standard InChI is InChI=1S/C31H43N5O6/c1-29(2,3)23(34-28(41)42-16-17-9-7-6-8-10-17)27(40)36-15-19-21(30(19,4)5)22(36)26(39)33-20(24(32)37)13-18-14-31(11-12-31)35-25(18)38/h6-10,18-23H,11-16H2,1-5H3,(H2,32,37)(H,33,39)(H,34,41)(H,35,38)/t18-,19+,20+,21+,22+,23-/m1/s1. The Hall–Kier alpha value is -3.63. The molecule has 4 fully saturated rings. The number of nitrogens with two attached hydrogens (primary N) is 1. The van der Waals surface area contributed by atoms with Gasteiger partial charge in [-0.15, -0.1) is 0 Å². The van der Waals surface area contributed by atoms with Crippen LogP contribution in [0.3, 0.4) is 0 Å². The molecule has 5 amide bonds. The second-order valence-corrected chi connectivity index (χ2v) is 14.3. The Morgan fingerprint density at radius 1 is 1.12 bits per heavy atom. The SMILES string of the molecule is CC(C)(C)[C@H](NC(=O)OCc1ccccc1)C(=O)N1C[C@H]2[C@@H]([C@H]1C(=O)N[C@@H](C[C@@H]1CC3(CC3)NC1=O)C(N)=O)C2(C)C. The molecule has 0 radical (unpaired) electrons. The van der Waals surface area contributed by atoms with Gasteiger partial charge < -0.3 is 31.3 Å². The zero-order valence-electron chi connectivity index (χ0n) is 25.1. The van der Waals surface area contributed by atoms with Gasteiger partial charge in [0.25, 0.3) is 0 Å². The second-order valence-electron chi connectivity index (χ2n) is 14.3. The molecule has 6 atom stereocenters. The summed E-state index contributed by atoms with van der Waals surface area (Å²) in [4.78, 5) is 67.1. The number of fused-ring (bicyclic) bond motifs is 1. The Bertz CT molecular complexity index is 1270. The average Bonchev–Trinajstić information content (AvgIpc) is 3.63. The predicted octanol–water partition coefficient (Wildman–Crippen LogP) is 1.84. The molecule has 0 aromatic heterocycles. The van der Waals surface area contributed by atoms with E-state index in [-0.39, 0.29) is 47.6 Å². The van der Waals surface area contributed by atoms with Crippen molar-refractivity contribution in [2.45, 2.75) is 90.6 Å². The molecular weight excluding hydrogens is 538 g/mol. The lowest BCUT2D eigenvalue weighted by molar-refractivity contribution is -0.144. The minimum Gasteiger partial charge on any atom is -0.445 e. The zero-order valence-corrected chi connectivity index (χ0v) is 25.1. The van der Waals surface area contributed by atoms with Crippen LogP contribution in [0.5, 0.6) is 0 Å². The number of primary amides is 1. The molecule has 1 aromatic rings. The molecule has 2 saturated carbocycles. The number of hydrogen-bond acceptors (Lipinski definition) is 6. The van der Waals surface area contributed by atoms with Gasteiger partial charge in [-0.1, -0.05) is 65.0 Å². The molecule has 42 heavy (non-hydrogen) atoms. The van der Waals surface area contributed by atoms with Gasteiger partial charge in [0.1, 0.15) is 24.7 Å². The highest BCUT2D eigenvalue weighted by molar-refractivity contribution is 5.95. The first-order valence-corrected chi connectivity index (χ1v) is 14.8. The molecule has 1 aromatic carbocycles. The van der Waals surface area contributed by atoms with E-state index in [1.165, 1.54) is 4.90 Å². The smallest absolute Gasteiger partial charge is 0.408 e. The van der Waals surface area contributed by atoms with Gasteiger partial charge in [-0.25, -0.2) is 4.79 Å². The second kappa shape index (κ2) is 10.6. The van der Waals surface area contributed by atoms with Crippen LogP contribution in [0.25, 0.3) is 0 Å². The van der Waals surface area contributed by atoms with Crippen LogP contribution in [0.4, 0.5) is 4.79 Å². The first-order valence-electron chi connectivity index (χ1n) is 14.8. The number of nitrogens with one attached hydrogen (secondary N) is 3. The fourth-order valence-electron chi connectivity index (χ4n) is 6.95. The maximum absolute atomic E-state index is 14.0. The van der Waals surface area contributed by atoms with E-state index in [2.05, 4.69) is 29.8 Å². The summed E-state index contributed by atoms with van der Waals surface area (Å²) in [6, 6.07) is 6.40. The maximum atomic E-state index is 14.0. The summed E-state index contributed by atoms with van der Waals surface area (Å²) in [6.07, 6.45) is 1.85. The zero-order chi connectivity index (χ0) is 30.6. The molecule has 4 aliphatic rings. The summed E-state index contributed by atoms with van der Waals surface area (Å²) in [5.41, 5.74) is 5.49. The van der Waals surface area contributed by atoms with Crippen LogP contribution in [0.1, 0.15) is 65.9 Å². The quantitative estimate of drug-likeness (QED) is 0.348. The van der Waals surface area contributed by atoms with E-state index in [9.17, 15) is 24.0 Å². The molecule has 2 aliphatic heterocycles. The van der Waals surface area contributed by atoms with E-state index in [4.69, 9.17) is 10.5 Å². The predicted molar refractivity (Wildman–Crippen MR) is 153 cm³/mol. The van der Waals surface area contributed by atoms with Crippen LogP contribution in [-0.2, 0) is 30.5 Å². The first-order chi connectivity index (χ1) is 19.6. The minimum atomic E-state index is -1.04. The van der Waals surface area contributed by atoms with E-state index in [1.807, 2.05) is 51.1 Å². The third-order valence-corrected chi connectivity index (χ3v) is 9.78. The molecule has 0 bridgehead atoms. The summed E-state index contributed by atoms with van der Waals surface area (Å²) < 4.78 is 5.39. The van der Waals surface area contributed by atoms with Gasteiger partial charge in [-0.05, 0) is 53.9 Å². The number of amides is 5. The summed E-state index contributed by atoms with van der Waals surface area (Å²) in [7, 11) is 0. The van der Waals surface area contributed by atoms with Gasteiger partial charge in [0.2, 0.25) is 23.6 Å². The minimum absolute atomic E-state index is 0.0550. The molecule has 2 heterocycles. The third kappa shape index (κ3) is 5.83. The Morgan fingerprint density at radius 2 is 1.79 bits per heavy atom. The fraction of sp³-hybridized carbons (Fsp3) is 0.645. The number of ether oxygens (including phenoxy) is 1. The van der Waals surface area contributed by atoms with E-state index in [0.29, 0.717) is 13.0 Å². The highest BCUT2D eigenvalue weighted by Gasteiger charge is 2.70. The van der Waals surface area contributed by atoms with Crippen LogP contribution in [0.2, 0.25) is 0 Å². The van der Waals surface area contributed by atoms with Crippen LogP contribution >= 0.6 is 0 Å². The normalized spacial score (nSPS) is 27.8. The van der Waals surface area contributed by atoms with Crippen LogP contribution < -0.4 is 21.7 Å². The number of benzene rings is 1. The number of carbonyl (C=O) groups is 5. The maximum Gasteiger partial charge on any atom is 0.408 e. The lowest BCUT2D eigenvalue weighted by Crippen LogP contribution is -2.60. The van der Waals surface area contributed by atoms with Crippen molar-refractivity contribution >= 4 is 29.7 Å². The number of carbonyl (C=O) groups excluding carboxylic acids is 5. The fourth-order valence-corrected chi connectivity index (χ4v) is 6.95. The summed E-state index contributed by atoms with van der Waals surface area (Å²) >= 11 is 0. The van der Waals surface area contributed by atoms with Crippen molar-refractivity contribution in [1.29, 1.82) is 0 Å². The van der Waals surface area contributed by atoms with Crippen LogP contribution in [-0.4, -0.2) is 64.8 Å². The number of alkyl carbamates (subject to hydrolysis) is 1. The molecule has 1 spiro atoms. The van der Waals surface area contributed by atoms with Crippen molar-refractivity contribution < 1.29 is 28.7 Å². The Kier molecular flexibility index (Phi) is 7.52. The van der Waals surface area contributed by atoms with Crippen LogP contribution in [0, 0.1) is 28.6 Å². The van der Waals surface area contributed by atoms with Gasteiger partial charge in [0.05, 0.1) is 0 Å². The molecule has 228 valence electrons. The Balaban J connectivity index is 1.29. The van der Waals surface area contributed by atoms with Gasteiger partial charge in [-0.2, -0.15) is 0 Å². The van der Waals surface area contributed by atoms with Crippen molar-refractivity contribution in [3.05, 3.63) is 35.9 Å². The number of nitrogens with zero attached hydrogens (tertiary/aromatic N) is 1. The van der Waals surface area contributed by atoms with Gasteiger partial charge >= 0.3 is 6.09 Å². The highest BCUT2D eigenvalue weighted by Crippen LogP contribution is 2.65. The summed E-state index contributed by atoms with van der Waals surface area (Å²) in [5.74, 6) is -2.10. The Labute approximate surface area is 246 Å². The van der Waals surface area contributed by atoms with E-state index in [0.717, 1.165) is 18.4 Å². The number of hydrogen-bond donors (Lipinski definition) is 4. The van der Waals surface area contributed by atoms with Crippen molar-refractivity contribution in [3.8, 4) is 0 Å². The monoisotopic (exact) mass is 581 g/mol. The topological polar surface area (TPSA) is 160 Å². The van der Waals surface area contributed by atoms with Gasteiger partial charge in [0, 0.05) is 18.0 Å². The van der Waals surface area contributed by atoms with Crippen LogP contribution in [0.15, 0.2) is 30.3 Å². The van der Waals surface area contributed by atoms with E-state index in [1.54, 1.807) is 0 Å². The molecular formula is C31H43N5O6. The van der Waals surface area contributed by atoms with E-state index >= 15 is 0 Å². The van der Waals surface area contributed by atoms with Gasteiger partial charge in [0.15, 0.2) is 0 Å². The summed E-state index contributed by atoms with van der Waals surface area (Å²) in [5, 5.41) is 8.54. The molecule has 11 heteroatoms. The Morgan fingerprint density at radius 3 is 2.36 bits per heavy atom. The van der Waals surface area contributed by atoms with Crippen molar-refractivity contribution in [2.75, 3.05) is 6.54 Å². The lowest BCUT2D eigenvalue weighted by atomic mass is 9.85. The molecule has 11 nitrogen and oxygen atoms in total. The first kappa shape index (κ1) is 29.8. The average molecular weight is 582 g/mol. The van der Waals surface area contributed by atoms with Gasteiger partial charge in [-0.3, -0.25) is 19.2 Å². The highest BCUT2D eigenvalue weighted by atomic mass is 16.5. The summed E-state index contributed by atoms with van der Waals surface area (Å²) in [6.45, 7) is 10.1. The molecule has 0 unspecified atom stereocenters. The molecule has 5 rings (SSSR count). The molecule has 5 N–H and O–H groups in total. The number of rotatable bonds is 9. The lowest BCUT2D eigenvalue weighted by Gasteiger charge is -2.37. The number of likely N-dealkylation sites (tertiary alicyclic amines) is 1. The van der Waals surface area contributed by atoms with E-state index < -0.39 is 47.4 Å². The molecule has 2 saturated heterocycles. The van der Waals surface area contributed by atoms with Crippen molar-refractivity contribution in [1.82, 2.24) is 20.9 Å². The number of piperidine rings is 1.